The zero-order chi connectivity index (χ0) is 48.1. The number of aromatic amines is 1. The molecule has 0 amide bonds. The minimum Gasteiger partial charge on any atom is -0.497 e. The number of imidazole rings is 1. The standard InChI is InChI=1S/C50H43Cl2N7O9/c1-25-38(23-67-43(60)20-34-26(2)58(39-16-14-32(65-4)18-36(34)39)48(63)28-6-10-30(51)11-7-28)42(22-41(25)57-24-54-45-46(57)55-50(53)56-47(45)62)68-44(61)21-35-27(3)59(40-17-15-33(66-5)19-37(35)40)49(64)29-8-12-31(52)13-9-29/h6-19,24,38,41-42H,1,20-23H2,2-5H3,(H3,53,55,56,62). The first-order valence-electron chi connectivity index (χ1n) is 21.4. The Kier molecular flexibility index (Phi) is 12.2. The van der Waals surface area contributed by atoms with Crippen LogP contribution in [-0.4, -0.2) is 79.3 Å². The molecule has 0 spiro atoms. The van der Waals surface area contributed by atoms with Gasteiger partial charge < -0.3 is 29.2 Å². The van der Waals surface area contributed by atoms with Gasteiger partial charge in [-0.25, -0.2) is 4.98 Å². The molecule has 18 heteroatoms. The van der Waals surface area contributed by atoms with Gasteiger partial charge in [-0.05, 0) is 115 Å². The van der Waals surface area contributed by atoms with Gasteiger partial charge in [-0.3, -0.25) is 38.1 Å². The average molecular weight is 957 g/mol. The molecule has 0 aliphatic heterocycles. The van der Waals surface area contributed by atoms with Crippen LogP contribution in [0.15, 0.2) is 108 Å². The fourth-order valence-electron chi connectivity index (χ4n) is 9.15. The molecule has 1 aliphatic rings. The highest BCUT2D eigenvalue weighted by Gasteiger charge is 2.43. The second-order valence-electron chi connectivity index (χ2n) is 16.5. The number of rotatable bonds is 12. The van der Waals surface area contributed by atoms with Crippen molar-refractivity contribution >= 4 is 85.9 Å². The van der Waals surface area contributed by atoms with Crippen molar-refractivity contribution in [3.05, 3.63) is 157 Å². The number of nitrogens with zero attached hydrogens (tertiary/aromatic N) is 5. The highest BCUT2D eigenvalue weighted by molar-refractivity contribution is 6.31. The van der Waals surface area contributed by atoms with Crippen LogP contribution in [-0.2, 0) is 31.9 Å². The smallest absolute Gasteiger partial charge is 0.310 e. The number of halogens is 2. The van der Waals surface area contributed by atoms with Gasteiger partial charge in [0.15, 0.2) is 11.2 Å². The summed E-state index contributed by atoms with van der Waals surface area (Å²) in [5, 5.41) is 2.20. The highest BCUT2D eigenvalue weighted by atomic mass is 35.5. The molecule has 68 heavy (non-hydrogen) atoms. The molecular weight excluding hydrogens is 913 g/mol. The number of benzene rings is 4. The molecule has 1 aliphatic carbocycles. The van der Waals surface area contributed by atoms with Gasteiger partial charge in [-0.2, -0.15) is 4.98 Å². The number of aromatic nitrogens is 6. The van der Waals surface area contributed by atoms with Crippen molar-refractivity contribution in [2.75, 3.05) is 26.6 Å². The van der Waals surface area contributed by atoms with Crippen molar-refractivity contribution in [2.24, 2.45) is 5.92 Å². The van der Waals surface area contributed by atoms with Crippen LogP contribution in [0.1, 0.15) is 55.7 Å². The number of fused-ring (bicyclic) bond motifs is 3. The number of hydrogen-bond acceptors (Lipinski definition) is 12. The summed E-state index contributed by atoms with van der Waals surface area (Å²) in [5.74, 6) is -1.69. The number of esters is 2. The molecule has 4 heterocycles. The number of nitrogen functional groups attached to an aromatic ring is 1. The van der Waals surface area contributed by atoms with E-state index >= 15 is 0 Å². The van der Waals surface area contributed by atoms with Crippen LogP contribution in [0.2, 0.25) is 10.0 Å². The largest absolute Gasteiger partial charge is 0.497 e. The van der Waals surface area contributed by atoms with E-state index in [1.54, 1.807) is 112 Å². The lowest BCUT2D eigenvalue weighted by Gasteiger charge is -2.21. The van der Waals surface area contributed by atoms with Crippen LogP contribution < -0.4 is 20.8 Å². The second kappa shape index (κ2) is 18.2. The van der Waals surface area contributed by atoms with E-state index in [1.165, 1.54) is 20.5 Å². The fraction of sp³-hybridized carbons (Fsp3) is 0.220. The number of nitrogens with one attached hydrogen (secondary N) is 1. The SMILES string of the molecule is C=C1C(COC(=O)Cc2c(C)n(C(=O)c3ccc(Cl)cc3)c3ccc(OC)cc23)C(OC(=O)Cc2c(C)n(C(=O)c3ccc(Cl)cc3)c3ccc(OC)cc23)CC1n1cnc2c(=O)[nH]c(N)nc21. The van der Waals surface area contributed by atoms with E-state index < -0.39 is 35.6 Å². The van der Waals surface area contributed by atoms with Crippen LogP contribution in [0.25, 0.3) is 33.0 Å². The molecule has 9 rings (SSSR count). The Morgan fingerprint density at radius 1 is 0.779 bits per heavy atom. The zero-order valence-electron chi connectivity index (χ0n) is 37.2. The topological polar surface area (TPSA) is 205 Å². The minimum absolute atomic E-state index is 0.0478. The first-order valence-corrected chi connectivity index (χ1v) is 22.1. The monoisotopic (exact) mass is 955 g/mol. The van der Waals surface area contributed by atoms with Crippen LogP contribution in [0.4, 0.5) is 5.95 Å². The molecule has 0 bridgehead atoms. The summed E-state index contributed by atoms with van der Waals surface area (Å²) in [6.45, 7) is 7.65. The third-order valence-corrected chi connectivity index (χ3v) is 13.1. The van der Waals surface area contributed by atoms with Gasteiger partial charge in [0, 0.05) is 49.8 Å². The molecule has 0 radical (unpaired) electrons. The molecule has 0 saturated heterocycles. The van der Waals surface area contributed by atoms with Gasteiger partial charge in [0.25, 0.3) is 17.4 Å². The van der Waals surface area contributed by atoms with E-state index in [9.17, 15) is 24.0 Å². The predicted octanol–water partition coefficient (Wildman–Crippen LogP) is 7.99. The second-order valence-corrected chi connectivity index (χ2v) is 17.3. The van der Waals surface area contributed by atoms with Crippen molar-refractivity contribution in [3.63, 3.8) is 0 Å². The highest BCUT2D eigenvalue weighted by Crippen LogP contribution is 2.43. The van der Waals surface area contributed by atoms with Crippen LogP contribution in [0.5, 0.6) is 11.5 Å². The molecule has 3 atom stereocenters. The fourth-order valence-corrected chi connectivity index (χ4v) is 9.41. The van der Waals surface area contributed by atoms with Gasteiger partial charge in [0.1, 0.15) is 24.2 Å². The van der Waals surface area contributed by atoms with Crippen molar-refractivity contribution < 1.29 is 38.1 Å². The van der Waals surface area contributed by atoms with E-state index in [2.05, 4.69) is 21.5 Å². The minimum atomic E-state index is -0.895. The summed E-state index contributed by atoms with van der Waals surface area (Å²) < 4.78 is 28.1. The number of anilines is 1. The molecule has 1 saturated carbocycles. The molecule has 3 unspecified atom stereocenters. The first-order chi connectivity index (χ1) is 32.6. The molecule has 4 aromatic heterocycles. The van der Waals surface area contributed by atoms with Crippen LogP contribution in [0.3, 0.4) is 0 Å². The quantitative estimate of drug-likeness (QED) is 0.0884. The maximum atomic E-state index is 14.3. The Morgan fingerprint density at radius 3 is 1.81 bits per heavy atom. The molecule has 8 aromatic rings. The van der Waals surface area contributed by atoms with Gasteiger partial charge in [0.2, 0.25) is 5.95 Å². The molecule has 1 fully saturated rings. The lowest BCUT2D eigenvalue weighted by atomic mass is 10.0. The van der Waals surface area contributed by atoms with Crippen molar-refractivity contribution in [2.45, 2.75) is 45.3 Å². The first kappa shape index (κ1) is 45.5. The van der Waals surface area contributed by atoms with Gasteiger partial charge >= 0.3 is 11.9 Å². The number of methoxy groups -OCH3 is 2. The van der Waals surface area contributed by atoms with Crippen LogP contribution >= 0.6 is 23.2 Å². The Hall–Kier alpha value is -7.69. The Bertz CT molecular complexity index is 3430. The van der Waals surface area contributed by atoms with E-state index in [1.807, 2.05) is 0 Å². The summed E-state index contributed by atoms with van der Waals surface area (Å²) in [5.41, 5.74) is 10.2. The summed E-state index contributed by atoms with van der Waals surface area (Å²) >= 11 is 12.2. The zero-order valence-corrected chi connectivity index (χ0v) is 38.7. The lowest BCUT2D eigenvalue weighted by molar-refractivity contribution is -0.152. The van der Waals surface area contributed by atoms with Crippen molar-refractivity contribution in [1.29, 1.82) is 0 Å². The number of hydrogen-bond donors (Lipinski definition) is 2. The van der Waals surface area contributed by atoms with Crippen molar-refractivity contribution in [1.82, 2.24) is 28.7 Å². The van der Waals surface area contributed by atoms with Gasteiger partial charge in [-0.1, -0.05) is 29.8 Å². The maximum Gasteiger partial charge on any atom is 0.310 e. The molecule has 346 valence electrons. The Balaban J connectivity index is 1.02. The van der Waals surface area contributed by atoms with Crippen molar-refractivity contribution in [3.8, 4) is 11.5 Å². The van der Waals surface area contributed by atoms with E-state index in [0.29, 0.717) is 82.6 Å². The predicted molar refractivity (Wildman–Crippen MR) is 256 cm³/mol. The summed E-state index contributed by atoms with van der Waals surface area (Å²) in [6.07, 6.45) is 0.239. The third-order valence-electron chi connectivity index (χ3n) is 12.6. The van der Waals surface area contributed by atoms with Gasteiger partial charge in [-0.15, -0.1) is 0 Å². The van der Waals surface area contributed by atoms with E-state index in [-0.39, 0.29) is 54.8 Å². The number of carbonyl (C=O) groups excluding carboxylic acids is 4. The van der Waals surface area contributed by atoms with E-state index in [0.717, 1.165) is 0 Å². The average Bonchev–Trinajstić information content (AvgIpc) is 4.03. The molecule has 16 nitrogen and oxygen atoms in total. The lowest BCUT2D eigenvalue weighted by Crippen LogP contribution is -2.28. The molecule has 4 aromatic carbocycles. The summed E-state index contributed by atoms with van der Waals surface area (Å²) in [7, 11) is 3.05. The van der Waals surface area contributed by atoms with Gasteiger partial charge in [0.05, 0.1) is 56.4 Å². The molecular formula is C50H43Cl2N7O9. The molecule has 3 N–H and O–H groups in total. The Labute approximate surface area is 397 Å². The number of H-pyrrole nitrogens is 1. The number of carbonyl (C=O) groups is 4. The maximum absolute atomic E-state index is 14.3. The number of ether oxygens (including phenoxy) is 4. The van der Waals surface area contributed by atoms with Crippen LogP contribution in [0, 0.1) is 19.8 Å². The number of nitrogens with two attached hydrogens (primary N) is 1. The summed E-state index contributed by atoms with van der Waals surface area (Å²) in [4.78, 5) is 80.1. The van der Waals surface area contributed by atoms with E-state index in [4.69, 9.17) is 47.9 Å². The Morgan fingerprint density at radius 2 is 1.29 bits per heavy atom. The third kappa shape index (κ3) is 8.26. The summed E-state index contributed by atoms with van der Waals surface area (Å²) in [6, 6.07) is 23.0. The normalized spacial score (nSPS) is 15.9.